The van der Waals surface area contributed by atoms with Gasteiger partial charge in [0.1, 0.15) is 11.3 Å². The fraction of sp³-hybridized carbons (Fsp3) is 0.467. The first kappa shape index (κ1) is 14.4. The van der Waals surface area contributed by atoms with Crippen LogP contribution in [0.3, 0.4) is 0 Å². The minimum Gasteiger partial charge on any atom is -0.497 e. The Hall–Kier alpha value is -2.04. The van der Waals surface area contributed by atoms with Gasteiger partial charge >= 0.3 is 5.97 Å². The number of amides is 1. The summed E-state index contributed by atoms with van der Waals surface area (Å²) in [6, 6.07) is 6.75. The van der Waals surface area contributed by atoms with Crippen molar-refractivity contribution in [2.45, 2.75) is 31.7 Å². The van der Waals surface area contributed by atoms with E-state index < -0.39 is 11.5 Å². The van der Waals surface area contributed by atoms with E-state index in [0.717, 1.165) is 6.42 Å². The highest BCUT2D eigenvalue weighted by Crippen LogP contribution is 2.34. The number of ether oxygens (including phenoxy) is 1. The maximum Gasteiger partial charge on any atom is 0.329 e. The van der Waals surface area contributed by atoms with Crippen molar-refractivity contribution in [1.82, 2.24) is 4.90 Å². The fourth-order valence-electron chi connectivity index (χ4n) is 2.81. The predicted octanol–water partition coefficient (Wildman–Crippen LogP) is 2.16. The zero-order valence-electron chi connectivity index (χ0n) is 11.8. The smallest absolute Gasteiger partial charge is 0.329 e. The van der Waals surface area contributed by atoms with E-state index in [0.29, 0.717) is 30.7 Å². The van der Waals surface area contributed by atoms with Crippen molar-refractivity contribution in [2.24, 2.45) is 0 Å². The number of benzene rings is 1. The van der Waals surface area contributed by atoms with Gasteiger partial charge in [0.25, 0.3) is 5.91 Å². The molecule has 5 heteroatoms. The number of methoxy groups -OCH3 is 1. The number of aliphatic carboxylic acids is 1. The van der Waals surface area contributed by atoms with Crippen LogP contribution in [0.15, 0.2) is 24.3 Å². The summed E-state index contributed by atoms with van der Waals surface area (Å²) >= 11 is 0. The maximum absolute atomic E-state index is 12.5. The molecule has 0 aliphatic carbocycles. The number of nitrogens with zero attached hydrogens (tertiary/aromatic N) is 1. The summed E-state index contributed by atoms with van der Waals surface area (Å²) in [6.45, 7) is 2.30. The standard InChI is InChI=1S/C15H19NO4/c1-3-15(14(18)19)9-4-10-16(15)13(17)11-5-7-12(20-2)8-6-11/h5-8H,3-4,9-10H2,1-2H3,(H,18,19). The third-order valence-electron chi connectivity index (χ3n) is 4.05. The minimum absolute atomic E-state index is 0.227. The topological polar surface area (TPSA) is 66.8 Å². The molecule has 1 amide bonds. The van der Waals surface area contributed by atoms with Crippen LogP contribution in [0.1, 0.15) is 36.5 Å². The molecule has 1 aliphatic rings. The first-order valence-corrected chi connectivity index (χ1v) is 6.74. The van der Waals surface area contributed by atoms with Gasteiger partial charge in [-0.1, -0.05) is 6.92 Å². The van der Waals surface area contributed by atoms with Crippen molar-refractivity contribution in [3.8, 4) is 5.75 Å². The Morgan fingerprint density at radius 3 is 2.50 bits per heavy atom. The number of hydrogen-bond acceptors (Lipinski definition) is 3. The SMILES string of the molecule is CCC1(C(=O)O)CCCN1C(=O)c1ccc(OC)cc1. The number of hydrogen-bond donors (Lipinski definition) is 1. The third-order valence-corrected chi connectivity index (χ3v) is 4.05. The molecule has 5 nitrogen and oxygen atoms in total. The van der Waals surface area contributed by atoms with E-state index in [4.69, 9.17) is 4.74 Å². The zero-order chi connectivity index (χ0) is 14.8. The van der Waals surface area contributed by atoms with Crippen LogP contribution in [-0.4, -0.2) is 41.1 Å². The van der Waals surface area contributed by atoms with E-state index in [1.165, 1.54) is 4.90 Å². The molecule has 1 fully saturated rings. The van der Waals surface area contributed by atoms with Gasteiger partial charge in [-0.2, -0.15) is 0 Å². The molecule has 1 atom stereocenters. The highest BCUT2D eigenvalue weighted by atomic mass is 16.5. The predicted molar refractivity (Wildman–Crippen MR) is 73.9 cm³/mol. The van der Waals surface area contributed by atoms with Gasteiger partial charge in [0.15, 0.2) is 0 Å². The minimum atomic E-state index is -1.06. The van der Waals surface area contributed by atoms with Crippen LogP contribution < -0.4 is 4.74 Å². The summed E-state index contributed by atoms with van der Waals surface area (Å²) in [4.78, 5) is 25.6. The first-order valence-electron chi connectivity index (χ1n) is 6.74. The van der Waals surface area contributed by atoms with E-state index in [2.05, 4.69) is 0 Å². The lowest BCUT2D eigenvalue weighted by molar-refractivity contribution is -0.148. The number of carboxylic acids is 1. The van der Waals surface area contributed by atoms with Gasteiger partial charge in [0.05, 0.1) is 7.11 Å². The second kappa shape index (κ2) is 5.53. The molecule has 1 aromatic carbocycles. The van der Waals surface area contributed by atoms with Gasteiger partial charge in [0, 0.05) is 12.1 Å². The van der Waals surface area contributed by atoms with Gasteiger partial charge in [-0.15, -0.1) is 0 Å². The highest BCUT2D eigenvalue weighted by Gasteiger charge is 2.48. The van der Waals surface area contributed by atoms with E-state index in [9.17, 15) is 14.7 Å². The molecule has 1 saturated heterocycles. The maximum atomic E-state index is 12.5. The monoisotopic (exact) mass is 277 g/mol. The van der Waals surface area contributed by atoms with Crippen LogP contribution in [0.5, 0.6) is 5.75 Å². The van der Waals surface area contributed by atoms with Gasteiger partial charge < -0.3 is 14.7 Å². The Morgan fingerprint density at radius 1 is 1.35 bits per heavy atom. The molecule has 1 unspecified atom stereocenters. The van der Waals surface area contributed by atoms with Crippen LogP contribution in [0.2, 0.25) is 0 Å². The number of carbonyl (C=O) groups excluding carboxylic acids is 1. The Kier molecular flexibility index (Phi) is 3.97. The second-order valence-corrected chi connectivity index (χ2v) is 4.98. The van der Waals surface area contributed by atoms with E-state index in [1.54, 1.807) is 31.4 Å². The van der Waals surface area contributed by atoms with E-state index >= 15 is 0 Å². The third kappa shape index (κ3) is 2.24. The van der Waals surface area contributed by atoms with Gasteiger partial charge in [-0.25, -0.2) is 4.79 Å². The normalized spacial score (nSPS) is 21.8. The quantitative estimate of drug-likeness (QED) is 0.916. The lowest BCUT2D eigenvalue weighted by Crippen LogP contribution is -2.52. The lowest BCUT2D eigenvalue weighted by atomic mass is 9.92. The number of carbonyl (C=O) groups is 2. The van der Waals surface area contributed by atoms with Crippen molar-refractivity contribution < 1.29 is 19.4 Å². The van der Waals surface area contributed by atoms with Gasteiger partial charge in [0.2, 0.25) is 0 Å². The van der Waals surface area contributed by atoms with Crippen molar-refractivity contribution in [3.63, 3.8) is 0 Å². The summed E-state index contributed by atoms with van der Waals surface area (Å²) in [5.41, 5.74) is -0.566. The lowest BCUT2D eigenvalue weighted by Gasteiger charge is -2.34. The summed E-state index contributed by atoms with van der Waals surface area (Å²) in [5, 5.41) is 9.50. The van der Waals surface area contributed by atoms with Gasteiger partial charge in [-0.3, -0.25) is 4.79 Å². The Labute approximate surface area is 118 Å². The van der Waals surface area contributed by atoms with E-state index in [-0.39, 0.29) is 5.91 Å². The Balaban J connectivity index is 2.29. The van der Waals surface area contributed by atoms with Crippen molar-refractivity contribution in [2.75, 3.05) is 13.7 Å². The summed E-state index contributed by atoms with van der Waals surface area (Å²) in [6.07, 6.45) is 1.66. The molecule has 0 bridgehead atoms. The number of carboxylic acid groups (broad SMARTS) is 1. The summed E-state index contributed by atoms with van der Waals surface area (Å²) in [5.74, 6) is -0.475. The molecular formula is C15H19NO4. The average molecular weight is 277 g/mol. The molecule has 0 spiro atoms. The number of likely N-dealkylation sites (tertiary alicyclic amines) is 1. The van der Waals surface area contributed by atoms with Crippen LogP contribution >= 0.6 is 0 Å². The highest BCUT2D eigenvalue weighted by molar-refractivity contribution is 5.98. The first-order chi connectivity index (χ1) is 9.55. The van der Waals surface area contributed by atoms with Crippen molar-refractivity contribution in [3.05, 3.63) is 29.8 Å². The molecule has 0 aromatic heterocycles. The van der Waals surface area contributed by atoms with Crippen molar-refractivity contribution >= 4 is 11.9 Å². The molecule has 1 aromatic rings. The summed E-state index contributed by atoms with van der Waals surface area (Å²) in [7, 11) is 1.56. The Morgan fingerprint density at radius 2 is 2.00 bits per heavy atom. The molecule has 20 heavy (non-hydrogen) atoms. The van der Waals surface area contributed by atoms with Crippen molar-refractivity contribution in [1.29, 1.82) is 0 Å². The van der Waals surface area contributed by atoms with Crippen LogP contribution in [0.25, 0.3) is 0 Å². The molecule has 2 rings (SSSR count). The largest absolute Gasteiger partial charge is 0.497 e. The molecule has 1 N–H and O–H groups in total. The number of rotatable bonds is 4. The second-order valence-electron chi connectivity index (χ2n) is 4.98. The molecule has 0 radical (unpaired) electrons. The molecule has 1 aliphatic heterocycles. The van der Waals surface area contributed by atoms with Crippen LogP contribution in [0, 0.1) is 0 Å². The molecule has 0 saturated carbocycles. The van der Waals surface area contributed by atoms with E-state index in [1.807, 2.05) is 6.92 Å². The van der Waals surface area contributed by atoms with Crippen LogP contribution in [0.4, 0.5) is 0 Å². The Bertz CT molecular complexity index is 511. The van der Waals surface area contributed by atoms with Gasteiger partial charge in [-0.05, 0) is 43.5 Å². The fourth-order valence-corrected chi connectivity index (χ4v) is 2.81. The molecule has 1 heterocycles. The van der Waals surface area contributed by atoms with Crippen LogP contribution in [-0.2, 0) is 4.79 Å². The molecular weight excluding hydrogens is 258 g/mol. The summed E-state index contributed by atoms with van der Waals surface area (Å²) < 4.78 is 5.06. The average Bonchev–Trinajstić information content (AvgIpc) is 2.91. The molecule has 108 valence electrons. The zero-order valence-corrected chi connectivity index (χ0v) is 11.8.